The minimum Gasteiger partial charge on any atom is -0.490 e. The molecule has 1 N–H and O–H groups in total. The summed E-state index contributed by atoms with van der Waals surface area (Å²) in [4.78, 5) is 4.32. The molecule has 0 amide bonds. The molecule has 1 aromatic heterocycles. The first-order chi connectivity index (χ1) is 12.0. The van der Waals surface area contributed by atoms with Gasteiger partial charge < -0.3 is 9.47 Å². The number of aryl methyl sites for hydroxylation is 1. The number of hydrogen-bond donors (Lipinski definition) is 1. The molecule has 2 aromatic rings. The van der Waals surface area contributed by atoms with Crippen molar-refractivity contribution in [2.75, 3.05) is 12.0 Å². The van der Waals surface area contributed by atoms with E-state index in [2.05, 4.69) is 22.1 Å². The average Bonchev–Trinajstić information content (AvgIpc) is 2.96. The van der Waals surface area contributed by atoms with Gasteiger partial charge in [0.2, 0.25) is 5.13 Å². The van der Waals surface area contributed by atoms with Gasteiger partial charge in [0, 0.05) is 10.9 Å². The van der Waals surface area contributed by atoms with Crippen molar-refractivity contribution < 1.29 is 9.47 Å². The number of anilines is 1. The monoisotopic (exact) mass is 359 g/mol. The third kappa shape index (κ3) is 5.60. The van der Waals surface area contributed by atoms with E-state index in [9.17, 15) is 0 Å². The predicted octanol–water partition coefficient (Wildman–Crippen LogP) is 4.81. The van der Waals surface area contributed by atoms with Crippen molar-refractivity contribution in [3.05, 3.63) is 47.0 Å². The number of nitrogens with one attached hydrogen (secondary N) is 1. The smallest absolute Gasteiger partial charge is 0.203 e. The number of hydrogen-bond acceptors (Lipinski definition) is 6. The Morgan fingerprint density at radius 3 is 2.80 bits per heavy atom. The fourth-order valence-corrected chi connectivity index (χ4v) is 2.90. The van der Waals surface area contributed by atoms with Crippen LogP contribution < -0.4 is 14.9 Å². The zero-order valence-electron chi connectivity index (χ0n) is 15.2. The van der Waals surface area contributed by atoms with Crippen molar-refractivity contribution in [3.8, 4) is 11.5 Å². The highest BCUT2D eigenvalue weighted by Gasteiger charge is 2.14. The largest absolute Gasteiger partial charge is 0.490 e. The molecule has 5 nitrogen and oxygen atoms in total. The van der Waals surface area contributed by atoms with E-state index in [0.29, 0.717) is 13.0 Å². The second-order valence-corrected chi connectivity index (χ2v) is 6.62. The maximum absolute atomic E-state index is 5.97. The fraction of sp³-hybridized carbons (Fsp3) is 0.368. The summed E-state index contributed by atoms with van der Waals surface area (Å²) in [7, 11) is 0. The van der Waals surface area contributed by atoms with Gasteiger partial charge in [0.15, 0.2) is 11.5 Å². The Morgan fingerprint density at radius 2 is 2.20 bits per heavy atom. The summed E-state index contributed by atoms with van der Waals surface area (Å²) in [5.74, 6) is 1.50. The van der Waals surface area contributed by atoms with E-state index in [0.717, 1.165) is 33.5 Å². The minimum absolute atomic E-state index is 0.0668. The van der Waals surface area contributed by atoms with Gasteiger partial charge in [-0.1, -0.05) is 6.08 Å². The van der Waals surface area contributed by atoms with Gasteiger partial charge in [-0.25, -0.2) is 4.98 Å². The maximum Gasteiger partial charge on any atom is 0.203 e. The number of aromatic nitrogens is 1. The number of nitrogens with zero attached hydrogens (tertiary/aromatic N) is 2. The molecule has 0 radical (unpaired) electrons. The van der Waals surface area contributed by atoms with Gasteiger partial charge in [0.1, 0.15) is 0 Å². The molecule has 0 aliphatic carbocycles. The van der Waals surface area contributed by atoms with Crippen LogP contribution in [-0.4, -0.2) is 23.9 Å². The fourth-order valence-electron chi connectivity index (χ4n) is 2.26. The van der Waals surface area contributed by atoms with Crippen LogP contribution >= 0.6 is 11.3 Å². The van der Waals surface area contributed by atoms with Crippen molar-refractivity contribution in [1.82, 2.24) is 4.98 Å². The van der Waals surface area contributed by atoms with E-state index in [4.69, 9.17) is 9.47 Å². The molecule has 0 fully saturated rings. The molecule has 0 saturated carbocycles. The van der Waals surface area contributed by atoms with Crippen LogP contribution in [0.25, 0.3) is 0 Å². The first-order valence-electron chi connectivity index (χ1n) is 8.32. The van der Waals surface area contributed by atoms with Gasteiger partial charge in [0.05, 0.1) is 24.6 Å². The summed E-state index contributed by atoms with van der Waals surface area (Å²) < 4.78 is 11.8. The Morgan fingerprint density at radius 1 is 1.40 bits per heavy atom. The molecule has 0 spiro atoms. The van der Waals surface area contributed by atoms with Crippen molar-refractivity contribution >= 4 is 22.7 Å². The van der Waals surface area contributed by atoms with Gasteiger partial charge in [-0.2, -0.15) is 5.10 Å². The van der Waals surface area contributed by atoms with E-state index < -0.39 is 0 Å². The van der Waals surface area contributed by atoms with Gasteiger partial charge in [0.25, 0.3) is 0 Å². The topological polar surface area (TPSA) is 55.7 Å². The SMILES string of the molecule is C=CCc1cc(C=NNc2nc(C)cs2)cc(OCC)c1OC(C)C. The summed E-state index contributed by atoms with van der Waals surface area (Å²) in [5, 5.41) is 7.01. The molecule has 134 valence electrons. The summed E-state index contributed by atoms with van der Waals surface area (Å²) in [6.45, 7) is 12.3. The zero-order chi connectivity index (χ0) is 18.2. The Hall–Kier alpha value is -2.34. The quantitative estimate of drug-likeness (QED) is 0.396. The van der Waals surface area contributed by atoms with E-state index in [1.165, 1.54) is 11.3 Å². The molecule has 2 rings (SSSR count). The lowest BCUT2D eigenvalue weighted by atomic mass is 10.1. The first-order valence-corrected chi connectivity index (χ1v) is 9.20. The highest BCUT2D eigenvalue weighted by atomic mass is 32.1. The number of rotatable bonds is 9. The van der Waals surface area contributed by atoms with Crippen molar-refractivity contribution in [1.29, 1.82) is 0 Å². The maximum atomic E-state index is 5.97. The normalized spacial score (nSPS) is 11.1. The highest BCUT2D eigenvalue weighted by molar-refractivity contribution is 7.13. The van der Waals surface area contributed by atoms with Crippen molar-refractivity contribution in [3.63, 3.8) is 0 Å². The van der Waals surface area contributed by atoms with Gasteiger partial charge in [-0.3, -0.25) is 5.43 Å². The average molecular weight is 359 g/mol. The third-order valence-corrected chi connectivity index (χ3v) is 4.03. The molecule has 0 aliphatic rings. The Balaban J connectivity index is 2.28. The lowest BCUT2D eigenvalue weighted by Crippen LogP contribution is -2.10. The Labute approximate surface area is 153 Å². The van der Waals surface area contributed by atoms with Crippen LogP contribution in [0.3, 0.4) is 0 Å². The predicted molar refractivity (Wildman–Crippen MR) is 105 cm³/mol. The number of allylic oxidation sites excluding steroid dienone is 1. The number of hydrazone groups is 1. The molecule has 1 heterocycles. The molecule has 1 aromatic carbocycles. The number of benzene rings is 1. The van der Waals surface area contributed by atoms with Gasteiger partial charge in [-0.05, 0) is 51.8 Å². The van der Waals surface area contributed by atoms with Crippen LogP contribution in [-0.2, 0) is 6.42 Å². The standard InChI is InChI=1S/C19H25N3O2S/c1-6-8-16-9-15(11-20-22-19-21-14(5)12-25-19)10-17(23-7-2)18(16)24-13(3)4/h6,9-13H,1,7-8H2,2-5H3,(H,21,22). The molecule has 25 heavy (non-hydrogen) atoms. The van der Waals surface area contributed by atoms with Crippen LogP contribution in [0.2, 0.25) is 0 Å². The molecular weight excluding hydrogens is 334 g/mol. The van der Waals surface area contributed by atoms with Crippen LogP contribution in [0.15, 0.2) is 35.3 Å². The molecule has 0 saturated heterocycles. The van der Waals surface area contributed by atoms with E-state index in [1.807, 2.05) is 51.3 Å². The number of thiazole rings is 1. The molecular formula is C19H25N3O2S. The van der Waals surface area contributed by atoms with Crippen LogP contribution in [0.4, 0.5) is 5.13 Å². The van der Waals surface area contributed by atoms with Crippen LogP contribution in [0, 0.1) is 6.92 Å². The second kappa shape index (κ2) is 9.22. The third-order valence-electron chi connectivity index (χ3n) is 3.16. The van der Waals surface area contributed by atoms with Crippen LogP contribution in [0.5, 0.6) is 11.5 Å². The highest BCUT2D eigenvalue weighted by Crippen LogP contribution is 2.34. The Kier molecular flexibility index (Phi) is 7.01. The molecule has 0 atom stereocenters. The van der Waals surface area contributed by atoms with Gasteiger partial charge >= 0.3 is 0 Å². The molecule has 0 aliphatic heterocycles. The summed E-state index contributed by atoms with van der Waals surface area (Å²) in [5.41, 5.74) is 5.88. The van der Waals surface area contributed by atoms with E-state index in [1.54, 1.807) is 6.21 Å². The van der Waals surface area contributed by atoms with E-state index in [-0.39, 0.29) is 6.10 Å². The van der Waals surface area contributed by atoms with Crippen LogP contribution in [0.1, 0.15) is 37.6 Å². The van der Waals surface area contributed by atoms with Gasteiger partial charge in [-0.15, -0.1) is 17.9 Å². The lowest BCUT2D eigenvalue weighted by molar-refractivity contribution is 0.222. The zero-order valence-corrected chi connectivity index (χ0v) is 16.0. The van der Waals surface area contributed by atoms with Crippen molar-refractivity contribution in [2.24, 2.45) is 5.10 Å². The number of ether oxygens (including phenoxy) is 2. The molecule has 0 unspecified atom stereocenters. The molecule has 6 heteroatoms. The lowest BCUT2D eigenvalue weighted by Gasteiger charge is -2.18. The first kappa shape index (κ1) is 19.0. The van der Waals surface area contributed by atoms with E-state index >= 15 is 0 Å². The molecule has 0 bridgehead atoms. The summed E-state index contributed by atoms with van der Waals surface area (Å²) in [6.07, 6.45) is 4.38. The minimum atomic E-state index is 0.0668. The summed E-state index contributed by atoms with van der Waals surface area (Å²) in [6, 6.07) is 3.98. The Bertz CT molecular complexity index is 738. The second-order valence-electron chi connectivity index (χ2n) is 5.76. The summed E-state index contributed by atoms with van der Waals surface area (Å²) >= 11 is 1.52. The van der Waals surface area contributed by atoms with Crippen molar-refractivity contribution in [2.45, 2.75) is 40.2 Å².